The monoisotopic (exact) mass is 421 g/mol. The van der Waals surface area contributed by atoms with Gasteiger partial charge in [0.05, 0.1) is 12.8 Å². The molecule has 0 bridgehead atoms. The van der Waals surface area contributed by atoms with E-state index in [1.165, 1.54) is 17.7 Å². The number of imide groups is 1. The maximum Gasteiger partial charge on any atom is 0.263 e. The largest absolute Gasteiger partial charge is 0.497 e. The highest BCUT2D eigenvalue weighted by Gasteiger charge is 2.55. The van der Waals surface area contributed by atoms with E-state index in [1.54, 1.807) is 24.3 Å². The molecule has 2 aliphatic heterocycles. The highest BCUT2D eigenvalue weighted by molar-refractivity contribution is 6.25. The summed E-state index contributed by atoms with van der Waals surface area (Å²) in [5.74, 6) is -0.260. The van der Waals surface area contributed by atoms with E-state index in [2.05, 4.69) is 29.5 Å². The van der Waals surface area contributed by atoms with Crippen molar-refractivity contribution >= 4 is 29.1 Å². The van der Waals surface area contributed by atoms with Crippen molar-refractivity contribution in [2.75, 3.05) is 23.9 Å². The minimum absolute atomic E-state index is 0.188. The number of anilines is 2. The molecular weight excluding hydrogens is 398 g/mol. The van der Waals surface area contributed by atoms with Gasteiger partial charge in [-0.25, -0.2) is 4.90 Å². The van der Waals surface area contributed by atoms with E-state index in [4.69, 9.17) is 4.74 Å². The molecule has 2 aromatic rings. The third-order valence-corrected chi connectivity index (χ3v) is 5.36. The minimum atomic E-state index is -0.951. The Morgan fingerprint density at radius 3 is 2.35 bits per heavy atom. The molecule has 0 aromatic heterocycles. The molecule has 0 spiro atoms. The molecule has 1 saturated heterocycles. The fraction of sp³-hybridized carbons (Fsp3) is 0.318. The molecule has 9 nitrogen and oxygen atoms in total. The van der Waals surface area contributed by atoms with Crippen molar-refractivity contribution in [2.24, 2.45) is 10.3 Å². The SMILES string of the molecule is COc1ccc(N2C(=O)C3N=NN(CC(=O)Nc4ccc(C(C)C)cc4)C3C2=O)cc1. The van der Waals surface area contributed by atoms with Gasteiger partial charge in [-0.3, -0.25) is 19.4 Å². The lowest BCUT2D eigenvalue weighted by Crippen LogP contribution is -2.43. The van der Waals surface area contributed by atoms with Crippen LogP contribution in [-0.2, 0) is 14.4 Å². The zero-order valence-corrected chi connectivity index (χ0v) is 17.5. The standard InChI is InChI=1S/C22H23N5O4/c1-13(2)14-4-6-15(7-5-14)23-18(28)12-26-20-19(24-25-26)21(29)27(22(20)30)16-8-10-17(31-3)11-9-16/h4-11,13,19-20H,12H2,1-3H3,(H,23,28). The van der Waals surface area contributed by atoms with Crippen LogP contribution in [0.15, 0.2) is 58.9 Å². The number of nitrogens with one attached hydrogen (secondary N) is 1. The maximum atomic E-state index is 13.0. The Labute approximate surface area is 179 Å². The van der Waals surface area contributed by atoms with Crippen LogP contribution < -0.4 is 15.0 Å². The lowest BCUT2D eigenvalue weighted by Gasteiger charge is -2.20. The van der Waals surface area contributed by atoms with E-state index in [0.717, 1.165) is 4.90 Å². The van der Waals surface area contributed by atoms with Gasteiger partial charge in [-0.2, -0.15) is 5.11 Å². The number of ether oxygens (including phenoxy) is 1. The fourth-order valence-corrected chi connectivity index (χ4v) is 3.64. The number of fused-ring (bicyclic) bond motifs is 1. The van der Waals surface area contributed by atoms with Gasteiger partial charge >= 0.3 is 0 Å². The van der Waals surface area contributed by atoms with Crippen molar-refractivity contribution in [3.05, 3.63) is 54.1 Å². The summed E-state index contributed by atoms with van der Waals surface area (Å²) in [6.07, 6.45) is 0. The third-order valence-electron chi connectivity index (χ3n) is 5.36. The van der Waals surface area contributed by atoms with Crippen molar-refractivity contribution in [1.29, 1.82) is 0 Å². The fourth-order valence-electron chi connectivity index (χ4n) is 3.64. The molecule has 2 atom stereocenters. The zero-order chi connectivity index (χ0) is 22.1. The van der Waals surface area contributed by atoms with E-state index in [1.807, 2.05) is 24.3 Å². The van der Waals surface area contributed by atoms with Gasteiger partial charge in [0.25, 0.3) is 11.8 Å². The van der Waals surface area contributed by atoms with E-state index in [0.29, 0.717) is 23.0 Å². The van der Waals surface area contributed by atoms with Crippen LogP contribution in [0.3, 0.4) is 0 Å². The first-order valence-electron chi connectivity index (χ1n) is 9.98. The third kappa shape index (κ3) is 3.86. The van der Waals surface area contributed by atoms with Crippen LogP contribution in [0.25, 0.3) is 0 Å². The van der Waals surface area contributed by atoms with Crippen LogP contribution >= 0.6 is 0 Å². The normalized spacial score (nSPS) is 19.9. The molecule has 160 valence electrons. The average Bonchev–Trinajstić information content (AvgIpc) is 3.28. The Kier molecular flexibility index (Phi) is 5.41. The average molecular weight is 421 g/mol. The van der Waals surface area contributed by atoms with Gasteiger partial charge in [0.1, 0.15) is 12.3 Å². The van der Waals surface area contributed by atoms with Gasteiger partial charge in [-0.15, -0.1) is 0 Å². The molecule has 9 heteroatoms. The second kappa shape index (κ2) is 8.17. The Balaban J connectivity index is 1.44. The molecule has 1 N–H and O–H groups in total. The summed E-state index contributed by atoms with van der Waals surface area (Å²) in [7, 11) is 1.54. The van der Waals surface area contributed by atoms with Crippen LogP contribution in [-0.4, -0.2) is 48.5 Å². The summed E-state index contributed by atoms with van der Waals surface area (Å²) < 4.78 is 5.11. The molecule has 31 heavy (non-hydrogen) atoms. The molecule has 2 aliphatic rings. The van der Waals surface area contributed by atoms with Crippen LogP contribution in [0, 0.1) is 0 Å². The number of carbonyl (C=O) groups excluding carboxylic acids is 3. The first-order chi connectivity index (χ1) is 14.9. The van der Waals surface area contributed by atoms with Gasteiger partial charge in [-0.05, 0) is 47.9 Å². The number of carbonyl (C=O) groups is 3. The molecule has 2 aromatic carbocycles. The summed E-state index contributed by atoms with van der Waals surface area (Å²) >= 11 is 0. The number of hydrogen-bond acceptors (Lipinski definition) is 7. The predicted octanol–water partition coefficient (Wildman–Crippen LogP) is 2.75. The van der Waals surface area contributed by atoms with Gasteiger partial charge < -0.3 is 10.1 Å². The molecule has 3 amide bonds. The summed E-state index contributed by atoms with van der Waals surface area (Å²) in [6, 6.07) is 12.3. The van der Waals surface area contributed by atoms with Crippen LogP contribution in [0.2, 0.25) is 0 Å². The van der Waals surface area contributed by atoms with Crippen LogP contribution in [0.1, 0.15) is 25.3 Å². The zero-order valence-electron chi connectivity index (χ0n) is 17.5. The lowest BCUT2D eigenvalue weighted by molar-refractivity contribution is -0.123. The second-order valence-corrected chi connectivity index (χ2v) is 7.73. The maximum absolute atomic E-state index is 13.0. The number of benzene rings is 2. The summed E-state index contributed by atoms with van der Waals surface area (Å²) in [5, 5.41) is 11.9. The highest BCUT2D eigenvalue weighted by atomic mass is 16.5. The topological polar surface area (TPSA) is 104 Å². The molecule has 4 rings (SSSR count). The first-order valence-corrected chi connectivity index (χ1v) is 9.98. The number of methoxy groups -OCH3 is 1. The number of hydrogen-bond donors (Lipinski definition) is 1. The van der Waals surface area contributed by atoms with Crippen molar-refractivity contribution < 1.29 is 19.1 Å². The van der Waals surface area contributed by atoms with Gasteiger partial charge in [-0.1, -0.05) is 31.2 Å². The molecular formula is C22H23N5O4. The number of amides is 3. The Morgan fingerprint density at radius 1 is 1.06 bits per heavy atom. The minimum Gasteiger partial charge on any atom is -0.497 e. The predicted molar refractivity (Wildman–Crippen MR) is 114 cm³/mol. The lowest BCUT2D eigenvalue weighted by atomic mass is 10.0. The quantitative estimate of drug-likeness (QED) is 0.723. The van der Waals surface area contributed by atoms with Crippen LogP contribution in [0.4, 0.5) is 11.4 Å². The second-order valence-electron chi connectivity index (χ2n) is 7.73. The first kappa shape index (κ1) is 20.5. The van der Waals surface area contributed by atoms with Crippen LogP contribution in [0.5, 0.6) is 5.75 Å². The van der Waals surface area contributed by atoms with E-state index in [9.17, 15) is 14.4 Å². The smallest absolute Gasteiger partial charge is 0.263 e. The molecule has 0 radical (unpaired) electrons. The molecule has 0 saturated carbocycles. The summed E-state index contributed by atoms with van der Waals surface area (Å²) in [6.45, 7) is 4.00. The Bertz CT molecular complexity index is 1030. The van der Waals surface area contributed by atoms with Crippen molar-refractivity contribution in [3.8, 4) is 5.75 Å². The van der Waals surface area contributed by atoms with Crippen molar-refractivity contribution in [1.82, 2.24) is 5.01 Å². The molecule has 0 aliphatic carbocycles. The summed E-state index contributed by atoms with van der Waals surface area (Å²) in [5.41, 5.74) is 2.24. The number of nitrogens with zero attached hydrogens (tertiary/aromatic N) is 4. The molecule has 2 heterocycles. The number of rotatable bonds is 6. The van der Waals surface area contributed by atoms with Gasteiger partial charge in [0.2, 0.25) is 5.91 Å². The van der Waals surface area contributed by atoms with Crippen molar-refractivity contribution in [2.45, 2.75) is 31.8 Å². The summed E-state index contributed by atoms with van der Waals surface area (Å²) in [4.78, 5) is 39.3. The van der Waals surface area contributed by atoms with Gasteiger partial charge in [0.15, 0.2) is 12.1 Å². The van der Waals surface area contributed by atoms with E-state index < -0.39 is 23.9 Å². The molecule has 1 fully saturated rings. The Hall–Kier alpha value is -3.75. The highest BCUT2D eigenvalue weighted by Crippen LogP contribution is 2.32. The van der Waals surface area contributed by atoms with E-state index in [-0.39, 0.29) is 12.5 Å². The van der Waals surface area contributed by atoms with Gasteiger partial charge in [0, 0.05) is 5.69 Å². The molecule has 2 unspecified atom stereocenters. The van der Waals surface area contributed by atoms with Crippen molar-refractivity contribution in [3.63, 3.8) is 0 Å². The Morgan fingerprint density at radius 2 is 1.74 bits per heavy atom. The van der Waals surface area contributed by atoms with E-state index >= 15 is 0 Å².